The summed E-state index contributed by atoms with van der Waals surface area (Å²) in [4.78, 5) is 15.7. The van der Waals surface area contributed by atoms with Crippen molar-refractivity contribution in [3.63, 3.8) is 0 Å². The molecule has 4 aromatic rings. The van der Waals surface area contributed by atoms with E-state index in [0.29, 0.717) is 48.6 Å². The van der Waals surface area contributed by atoms with Gasteiger partial charge < -0.3 is 24.4 Å². The highest BCUT2D eigenvalue weighted by Crippen LogP contribution is 2.39. The molecule has 0 saturated heterocycles. The van der Waals surface area contributed by atoms with Crippen molar-refractivity contribution in [2.24, 2.45) is 0 Å². The normalized spacial score (nSPS) is 13.8. The summed E-state index contributed by atoms with van der Waals surface area (Å²) in [6.07, 6.45) is 8.10. The summed E-state index contributed by atoms with van der Waals surface area (Å²) in [5.74, 6) is 3.94. The molecule has 1 atom stereocenters. The minimum atomic E-state index is 0.389. The molecule has 5 rings (SSSR count). The number of benzene rings is 2. The molecule has 0 bridgehead atoms. The zero-order chi connectivity index (χ0) is 28.9. The van der Waals surface area contributed by atoms with Crippen LogP contribution in [0.1, 0.15) is 37.3 Å². The Hall–Kier alpha value is -4.50. The van der Waals surface area contributed by atoms with E-state index >= 15 is 0 Å². The first-order valence-corrected chi connectivity index (χ1v) is 13.8. The van der Waals surface area contributed by atoms with Crippen LogP contribution in [0.4, 0.5) is 23.0 Å². The van der Waals surface area contributed by atoms with Crippen LogP contribution >= 0.6 is 0 Å². The molecule has 2 aromatic heterocycles. The van der Waals surface area contributed by atoms with E-state index < -0.39 is 0 Å². The van der Waals surface area contributed by atoms with Gasteiger partial charge in [0.25, 0.3) is 0 Å². The number of methoxy groups -OCH3 is 1. The highest BCUT2D eigenvalue weighted by atomic mass is 16.5. The second kappa shape index (κ2) is 12.3. The first kappa shape index (κ1) is 28.0. The highest BCUT2D eigenvalue weighted by Gasteiger charge is 2.25. The summed E-state index contributed by atoms with van der Waals surface area (Å²) in [5, 5.41) is 4.22. The molecule has 3 heterocycles. The van der Waals surface area contributed by atoms with Crippen LogP contribution in [0, 0.1) is 6.92 Å². The van der Waals surface area contributed by atoms with E-state index in [1.54, 1.807) is 13.3 Å². The zero-order valence-electron chi connectivity index (χ0n) is 24.3. The molecule has 1 unspecified atom stereocenters. The third-order valence-corrected chi connectivity index (χ3v) is 7.44. The lowest BCUT2D eigenvalue weighted by atomic mass is 9.96. The summed E-state index contributed by atoms with van der Waals surface area (Å²) in [6.45, 7) is 12.2. The Morgan fingerprint density at radius 1 is 1.20 bits per heavy atom. The second-order valence-electron chi connectivity index (χ2n) is 10.1. The summed E-state index contributed by atoms with van der Waals surface area (Å²) in [7, 11) is 3.65. The molecular weight excluding hydrogens is 516 g/mol. The summed E-state index contributed by atoms with van der Waals surface area (Å²) in [6, 6.07) is 12.2. The van der Waals surface area contributed by atoms with Crippen molar-refractivity contribution < 1.29 is 18.8 Å². The lowest BCUT2D eigenvalue weighted by Gasteiger charge is -2.22. The van der Waals surface area contributed by atoms with Crippen LogP contribution in [-0.4, -0.2) is 59.7 Å². The fraction of sp³-hybridized carbons (Fsp3) is 0.312. The van der Waals surface area contributed by atoms with E-state index in [1.807, 2.05) is 60.1 Å². The number of ether oxygens (including phenoxy) is 3. The Bertz CT molecular complexity index is 1600. The Labute approximate surface area is 241 Å². The minimum Gasteiger partial charge on any atom is -0.489 e. The molecule has 9 heteroatoms. The Balaban J connectivity index is 1.44. The van der Waals surface area contributed by atoms with Gasteiger partial charge in [0, 0.05) is 18.4 Å². The van der Waals surface area contributed by atoms with E-state index in [1.165, 1.54) is 11.9 Å². The van der Waals surface area contributed by atoms with Crippen LogP contribution in [0.15, 0.2) is 61.7 Å². The fourth-order valence-electron chi connectivity index (χ4n) is 4.91. The predicted molar refractivity (Wildman–Crippen MR) is 164 cm³/mol. The number of hydrogen-bond acceptors (Lipinski definition) is 8. The van der Waals surface area contributed by atoms with Gasteiger partial charge in [-0.3, -0.25) is 0 Å². The maximum atomic E-state index is 6.36. The number of aromatic nitrogens is 3. The van der Waals surface area contributed by atoms with Gasteiger partial charge >= 0.3 is 5.82 Å². The lowest BCUT2D eigenvalue weighted by molar-refractivity contribution is -0.454. The minimum absolute atomic E-state index is 0.389. The predicted octanol–water partition coefficient (Wildman–Crippen LogP) is 6.72. The number of nitrogens with one attached hydrogen (secondary N) is 1. The SMILES string of the molecule is C=CN(C)c1ccc(Oc2ccc(Nc3ncnc4cnc([N+]5=CCOCC5)c(OC)c34)cc2C)cc1C(C)CC. The number of anilines is 3. The number of rotatable bonds is 10. The fourth-order valence-corrected chi connectivity index (χ4v) is 4.91. The van der Waals surface area contributed by atoms with Crippen molar-refractivity contribution in [2.75, 3.05) is 44.1 Å². The third-order valence-electron chi connectivity index (χ3n) is 7.44. The van der Waals surface area contributed by atoms with Crippen molar-refractivity contribution in [1.29, 1.82) is 0 Å². The Kier molecular flexibility index (Phi) is 8.45. The molecule has 1 aliphatic heterocycles. The molecule has 2 aromatic carbocycles. The average Bonchev–Trinajstić information content (AvgIpc) is 3.01. The van der Waals surface area contributed by atoms with Crippen LogP contribution in [-0.2, 0) is 4.74 Å². The molecular formula is C32H37N6O3+. The molecule has 9 nitrogen and oxygen atoms in total. The van der Waals surface area contributed by atoms with Gasteiger partial charge in [0.15, 0.2) is 6.20 Å². The summed E-state index contributed by atoms with van der Waals surface area (Å²) >= 11 is 0. The van der Waals surface area contributed by atoms with Gasteiger partial charge in [0.1, 0.15) is 42.3 Å². The first-order valence-electron chi connectivity index (χ1n) is 13.8. The van der Waals surface area contributed by atoms with Crippen molar-refractivity contribution in [1.82, 2.24) is 15.0 Å². The Morgan fingerprint density at radius 3 is 2.76 bits per heavy atom. The topological polar surface area (TPSA) is 84.6 Å². The van der Waals surface area contributed by atoms with Gasteiger partial charge in [0.05, 0.1) is 25.3 Å². The number of hydrogen-bond donors (Lipinski definition) is 1. The van der Waals surface area contributed by atoms with Gasteiger partial charge in [0.2, 0.25) is 5.75 Å². The van der Waals surface area contributed by atoms with E-state index in [4.69, 9.17) is 14.2 Å². The average molecular weight is 554 g/mol. The molecule has 0 aliphatic carbocycles. The van der Waals surface area contributed by atoms with E-state index in [9.17, 15) is 0 Å². The quantitative estimate of drug-likeness (QED) is 0.217. The van der Waals surface area contributed by atoms with E-state index in [2.05, 4.69) is 52.8 Å². The number of fused-ring (bicyclic) bond motifs is 1. The third kappa shape index (κ3) is 5.85. The van der Waals surface area contributed by atoms with Crippen molar-refractivity contribution in [3.8, 4) is 17.2 Å². The van der Waals surface area contributed by atoms with Crippen LogP contribution in [0.5, 0.6) is 17.2 Å². The molecule has 0 radical (unpaired) electrons. The van der Waals surface area contributed by atoms with E-state index in [0.717, 1.165) is 40.2 Å². The van der Waals surface area contributed by atoms with Crippen molar-refractivity contribution in [2.45, 2.75) is 33.1 Å². The van der Waals surface area contributed by atoms with E-state index in [-0.39, 0.29) is 0 Å². The monoisotopic (exact) mass is 553 g/mol. The summed E-state index contributed by atoms with van der Waals surface area (Å²) < 4.78 is 19.7. The maximum Gasteiger partial charge on any atom is 0.366 e. The van der Waals surface area contributed by atoms with Gasteiger partial charge in [-0.2, -0.15) is 0 Å². The maximum absolute atomic E-state index is 6.36. The number of aryl methyl sites for hydroxylation is 1. The Morgan fingerprint density at radius 2 is 2.05 bits per heavy atom. The molecule has 0 fully saturated rings. The molecule has 0 saturated carbocycles. The van der Waals surface area contributed by atoms with Crippen LogP contribution < -0.4 is 19.7 Å². The second-order valence-corrected chi connectivity index (χ2v) is 10.1. The highest BCUT2D eigenvalue weighted by molar-refractivity contribution is 5.97. The molecule has 212 valence electrons. The van der Waals surface area contributed by atoms with Crippen molar-refractivity contribution in [3.05, 3.63) is 72.8 Å². The van der Waals surface area contributed by atoms with Crippen molar-refractivity contribution >= 4 is 40.1 Å². The molecule has 41 heavy (non-hydrogen) atoms. The van der Waals surface area contributed by atoms with Gasteiger partial charge in [-0.05, 0) is 78.0 Å². The smallest absolute Gasteiger partial charge is 0.366 e. The molecule has 1 N–H and O–H groups in total. The zero-order valence-corrected chi connectivity index (χ0v) is 24.3. The standard InChI is InChI=1S/C32H37N6O3/c1-7-21(3)25-18-24(10-11-27(25)37(5)8-2)41-28-12-9-23(17-22(28)4)36-31-29-26(34-20-35-31)19-33-32(30(29)39-6)38-13-15-40-16-14-38/h8-13,17-21H,2,7,14-16H2,1,3-6H3,(H,34,35,36)/q+1. The molecule has 1 aliphatic rings. The van der Waals surface area contributed by atoms with Crippen LogP contribution in [0.25, 0.3) is 10.9 Å². The molecule has 0 spiro atoms. The van der Waals surface area contributed by atoms with Crippen LogP contribution in [0.2, 0.25) is 0 Å². The van der Waals surface area contributed by atoms with Gasteiger partial charge in [-0.25, -0.2) is 14.5 Å². The van der Waals surface area contributed by atoms with Gasteiger partial charge in [-0.1, -0.05) is 20.4 Å². The summed E-state index contributed by atoms with van der Waals surface area (Å²) in [5.41, 5.74) is 4.92. The first-order chi connectivity index (χ1) is 19.9. The van der Waals surface area contributed by atoms with Gasteiger partial charge in [-0.15, -0.1) is 0 Å². The molecule has 0 amide bonds. The lowest BCUT2D eigenvalue weighted by Crippen LogP contribution is -2.23. The van der Waals surface area contributed by atoms with Crippen LogP contribution in [0.3, 0.4) is 0 Å². The number of nitrogens with zero attached hydrogens (tertiary/aromatic N) is 5. The largest absolute Gasteiger partial charge is 0.489 e. The number of pyridine rings is 1.